The standard InChI is InChI=1S/C21H24ClN3O5/c22-17-8-14(21(27)25-6-2-1-3-7-25)10-23-20(17)24-11-15(26)12-28-16-4-5-18-19(9-16)30-13-29-18/h4-5,8-10,15,26H,1-3,6-7,11-13H2,(H,23,24). The SMILES string of the molecule is O=C(c1cnc(NCC(O)COc2ccc3c(c2)OCO3)c(Cl)c1)N1CCCCC1. The molecule has 9 heteroatoms. The highest BCUT2D eigenvalue weighted by atomic mass is 35.5. The number of aromatic nitrogens is 1. The maximum absolute atomic E-state index is 12.6. The van der Waals surface area contributed by atoms with Crippen molar-refractivity contribution in [2.24, 2.45) is 0 Å². The number of nitrogens with one attached hydrogen (secondary N) is 1. The van der Waals surface area contributed by atoms with Gasteiger partial charge < -0.3 is 29.5 Å². The van der Waals surface area contributed by atoms with Crippen LogP contribution in [0.2, 0.25) is 5.02 Å². The van der Waals surface area contributed by atoms with Crippen LogP contribution < -0.4 is 19.5 Å². The predicted molar refractivity (Wildman–Crippen MR) is 112 cm³/mol. The molecular weight excluding hydrogens is 410 g/mol. The first-order valence-corrected chi connectivity index (χ1v) is 10.4. The van der Waals surface area contributed by atoms with Gasteiger partial charge in [-0.05, 0) is 37.5 Å². The number of carbonyl (C=O) groups excluding carboxylic acids is 1. The van der Waals surface area contributed by atoms with Gasteiger partial charge >= 0.3 is 0 Å². The number of anilines is 1. The number of likely N-dealkylation sites (tertiary alicyclic amines) is 1. The molecule has 1 aromatic carbocycles. The summed E-state index contributed by atoms with van der Waals surface area (Å²) in [7, 11) is 0. The third-order valence-corrected chi connectivity index (χ3v) is 5.31. The molecule has 0 spiro atoms. The summed E-state index contributed by atoms with van der Waals surface area (Å²) in [6.45, 7) is 2.01. The number of aliphatic hydroxyl groups excluding tert-OH is 1. The lowest BCUT2D eigenvalue weighted by atomic mass is 10.1. The van der Waals surface area contributed by atoms with Gasteiger partial charge in [-0.2, -0.15) is 0 Å². The molecule has 0 radical (unpaired) electrons. The van der Waals surface area contributed by atoms with E-state index in [-0.39, 0.29) is 25.9 Å². The maximum atomic E-state index is 12.6. The molecule has 30 heavy (non-hydrogen) atoms. The van der Waals surface area contributed by atoms with Crippen LogP contribution in [0.25, 0.3) is 0 Å². The molecule has 8 nitrogen and oxygen atoms in total. The van der Waals surface area contributed by atoms with Crippen LogP contribution in [0.15, 0.2) is 30.5 Å². The third kappa shape index (κ3) is 4.88. The number of ether oxygens (including phenoxy) is 3. The number of halogens is 1. The first-order valence-electron chi connectivity index (χ1n) is 9.99. The molecule has 1 atom stereocenters. The Bertz CT molecular complexity index is 904. The molecule has 1 amide bonds. The van der Waals surface area contributed by atoms with Gasteiger partial charge in [-0.25, -0.2) is 4.98 Å². The Morgan fingerprint density at radius 2 is 2.03 bits per heavy atom. The van der Waals surface area contributed by atoms with Crippen LogP contribution in [0.1, 0.15) is 29.6 Å². The minimum absolute atomic E-state index is 0.0483. The number of fused-ring (bicyclic) bond motifs is 1. The summed E-state index contributed by atoms with van der Waals surface area (Å²) < 4.78 is 16.2. The summed E-state index contributed by atoms with van der Waals surface area (Å²) in [5.41, 5.74) is 0.471. The summed E-state index contributed by atoms with van der Waals surface area (Å²) in [6, 6.07) is 6.85. The van der Waals surface area contributed by atoms with Crippen molar-refractivity contribution >= 4 is 23.3 Å². The van der Waals surface area contributed by atoms with E-state index >= 15 is 0 Å². The Balaban J connectivity index is 1.27. The molecule has 1 aromatic heterocycles. The van der Waals surface area contributed by atoms with Crippen LogP contribution in [0, 0.1) is 0 Å². The number of benzene rings is 1. The monoisotopic (exact) mass is 433 g/mol. The van der Waals surface area contributed by atoms with Gasteiger partial charge in [0.25, 0.3) is 5.91 Å². The number of amides is 1. The van der Waals surface area contributed by atoms with Crippen molar-refractivity contribution in [1.29, 1.82) is 0 Å². The summed E-state index contributed by atoms with van der Waals surface area (Å²) in [5, 5.41) is 13.5. The van der Waals surface area contributed by atoms with E-state index in [1.807, 2.05) is 4.90 Å². The quantitative estimate of drug-likeness (QED) is 0.693. The lowest BCUT2D eigenvalue weighted by Gasteiger charge is -2.26. The first-order chi connectivity index (χ1) is 14.6. The molecule has 0 aliphatic carbocycles. The fourth-order valence-corrected chi connectivity index (χ4v) is 3.63. The average molecular weight is 434 g/mol. The number of hydrogen-bond acceptors (Lipinski definition) is 7. The second kappa shape index (κ2) is 9.40. The Hall–Kier alpha value is -2.71. The van der Waals surface area contributed by atoms with E-state index in [1.165, 1.54) is 6.20 Å². The van der Waals surface area contributed by atoms with Crippen LogP contribution >= 0.6 is 11.6 Å². The molecular formula is C21H24ClN3O5. The van der Waals surface area contributed by atoms with Gasteiger partial charge in [0, 0.05) is 31.9 Å². The first kappa shape index (κ1) is 20.6. The molecule has 0 bridgehead atoms. The topological polar surface area (TPSA) is 93.2 Å². The number of carbonyl (C=O) groups is 1. The lowest BCUT2D eigenvalue weighted by Crippen LogP contribution is -2.35. The smallest absolute Gasteiger partial charge is 0.255 e. The fourth-order valence-electron chi connectivity index (χ4n) is 3.40. The van der Waals surface area contributed by atoms with Crippen LogP contribution in [-0.4, -0.2) is 60.0 Å². The van der Waals surface area contributed by atoms with E-state index in [0.29, 0.717) is 33.7 Å². The van der Waals surface area contributed by atoms with Crippen molar-refractivity contribution in [1.82, 2.24) is 9.88 Å². The van der Waals surface area contributed by atoms with Crippen molar-refractivity contribution in [3.05, 3.63) is 41.0 Å². The predicted octanol–water partition coefficient (Wildman–Crippen LogP) is 2.94. The van der Waals surface area contributed by atoms with Crippen LogP contribution in [0.4, 0.5) is 5.82 Å². The highest BCUT2D eigenvalue weighted by Gasteiger charge is 2.20. The molecule has 2 aliphatic rings. The van der Waals surface area contributed by atoms with E-state index < -0.39 is 6.10 Å². The minimum Gasteiger partial charge on any atom is -0.491 e. The second-order valence-corrected chi connectivity index (χ2v) is 7.68. The molecule has 1 unspecified atom stereocenters. The molecule has 2 N–H and O–H groups in total. The highest BCUT2D eigenvalue weighted by Crippen LogP contribution is 2.35. The Labute approximate surface area is 179 Å². The van der Waals surface area contributed by atoms with Crippen LogP contribution in [0.3, 0.4) is 0 Å². The molecule has 2 aromatic rings. The number of rotatable bonds is 7. The van der Waals surface area contributed by atoms with Gasteiger partial charge in [0.2, 0.25) is 6.79 Å². The van der Waals surface area contributed by atoms with Crippen molar-refractivity contribution in [2.45, 2.75) is 25.4 Å². The molecule has 2 aliphatic heterocycles. The third-order valence-electron chi connectivity index (χ3n) is 5.02. The zero-order valence-corrected chi connectivity index (χ0v) is 17.2. The molecule has 1 saturated heterocycles. The maximum Gasteiger partial charge on any atom is 0.255 e. The van der Waals surface area contributed by atoms with Crippen molar-refractivity contribution < 1.29 is 24.1 Å². The van der Waals surface area contributed by atoms with Crippen LogP contribution in [-0.2, 0) is 0 Å². The second-order valence-electron chi connectivity index (χ2n) is 7.27. The van der Waals surface area contributed by atoms with Gasteiger partial charge in [-0.15, -0.1) is 0 Å². The zero-order valence-electron chi connectivity index (χ0n) is 16.5. The summed E-state index contributed by atoms with van der Waals surface area (Å²) in [6.07, 6.45) is 3.94. The highest BCUT2D eigenvalue weighted by molar-refractivity contribution is 6.33. The van der Waals surface area contributed by atoms with E-state index in [4.69, 9.17) is 25.8 Å². The number of pyridine rings is 1. The Kier molecular flexibility index (Phi) is 6.44. The molecule has 4 rings (SSSR count). The van der Waals surface area contributed by atoms with E-state index in [1.54, 1.807) is 24.3 Å². The summed E-state index contributed by atoms with van der Waals surface area (Å²) in [4.78, 5) is 18.6. The van der Waals surface area contributed by atoms with E-state index in [9.17, 15) is 9.90 Å². The van der Waals surface area contributed by atoms with Gasteiger partial charge in [0.1, 0.15) is 24.3 Å². The number of nitrogens with zero attached hydrogens (tertiary/aromatic N) is 2. The van der Waals surface area contributed by atoms with Gasteiger partial charge in [-0.1, -0.05) is 11.6 Å². The average Bonchev–Trinajstić information content (AvgIpc) is 3.25. The molecule has 160 valence electrons. The largest absolute Gasteiger partial charge is 0.491 e. The minimum atomic E-state index is -0.789. The zero-order chi connectivity index (χ0) is 20.9. The summed E-state index contributed by atoms with van der Waals surface area (Å²) >= 11 is 6.29. The fraction of sp³-hybridized carbons (Fsp3) is 0.429. The number of piperidine rings is 1. The van der Waals surface area contributed by atoms with E-state index in [2.05, 4.69) is 10.3 Å². The van der Waals surface area contributed by atoms with Gasteiger partial charge in [0.15, 0.2) is 11.5 Å². The Morgan fingerprint density at radius 3 is 2.83 bits per heavy atom. The van der Waals surface area contributed by atoms with Gasteiger partial charge in [-0.3, -0.25) is 4.79 Å². The summed E-state index contributed by atoms with van der Waals surface area (Å²) in [5.74, 6) is 2.24. The van der Waals surface area contributed by atoms with Crippen molar-refractivity contribution in [3.8, 4) is 17.2 Å². The number of aliphatic hydroxyl groups is 1. The lowest BCUT2D eigenvalue weighted by molar-refractivity contribution is 0.0724. The molecule has 3 heterocycles. The van der Waals surface area contributed by atoms with Gasteiger partial charge in [0.05, 0.1) is 10.6 Å². The molecule has 1 fully saturated rings. The molecule has 0 saturated carbocycles. The van der Waals surface area contributed by atoms with Crippen molar-refractivity contribution in [3.63, 3.8) is 0 Å². The normalized spacial score (nSPS) is 16.3. The van der Waals surface area contributed by atoms with Crippen LogP contribution in [0.5, 0.6) is 17.2 Å². The van der Waals surface area contributed by atoms with Crippen molar-refractivity contribution in [2.75, 3.05) is 38.4 Å². The number of hydrogen-bond donors (Lipinski definition) is 2. The Morgan fingerprint density at radius 1 is 1.23 bits per heavy atom. The van der Waals surface area contributed by atoms with E-state index in [0.717, 1.165) is 32.4 Å².